The number of rotatable bonds is 2. The van der Waals surface area contributed by atoms with E-state index in [1.54, 1.807) is 13.1 Å². The third-order valence-electron chi connectivity index (χ3n) is 4.09. The minimum Gasteiger partial charge on any atom is -0.294 e. The zero-order valence-electron chi connectivity index (χ0n) is 12.3. The van der Waals surface area contributed by atoms with Crippen LogP contribution >= 0.6 is 0 Å². The molecule has 0 bridgehead atoms. The summed E-state index contributed by atoms with van der Waals surface area (Å²) >= 11 is 0. The molecule has 1 aromatic heterocycles. The molecule has 0 atom stereocenters. The third kappa shape index (κ3) is 2.53. The Bertz CT molecular complexity index is 775. The molecule has 0 saturated carbocycles. The van der Waals surface area contributed by atoms with Crippen LogP contribution in [-0.4, -0.2) is 15.6 Å². The molecule has 0 amide bonds. The molecule has 0 radical (unpaired) electrons. The molecule has 3 rings (SSSR count). The number of carbonyl (C=O) groups excluding carboxylic acids is 1. The second kappa shape index (κ2) is 5.28. The maximum atomic E-state index is 11.9. The van der Waals surface area contributed by atoms with E-state index in [0.717, 1.165) is 18.4 Å². The highest BCUT2D eigenvalue weighted by Gasteiger charge is 2.14. The van der Waals surface area contributed by atoms with Crippen molar-refractivity contribution in [3.05, 3.63) is 51.3 Å². The predicted molar refractivity (Wildman–Crippen MR) is 81.6 cm³/mol. The van der Waals surface area contributed by atoms with Crippen molar-refractivity contribution in [2.75, 3.05) is 0 Å². The van der Waals surface area contributed by atoms with E-state index in [4.69, 9.17) is 0 Å². The highest BCUT2D eigenvalue weighted by Crippen LogP contribution is 2.26. The fourth-order valence-corrected chi connectivity index (χ4v) is 2.89. The lowest BCUT2D eigenvalue weighted by Crippen LogP contribution is -2.25. The van der Waals surface area contributed by atoms with Gasteiger partial charge in [0.2, 0.25) is 0 Å². The normalized spacial score (nSPS) is 13.8. The first-order valence-electron chi connectivity index (χ1n) is 7.28. The van der Waals surface area contributed by atoms with Gasteiger partial charge in [-0.15, -0.1) is 0 Å². The van der Waals surface area contributed by atoms with E-state index in [1.165, 1.54) is 35.6 Å². The van der Waals surface area contributed by atoms with E-state index in [-0.39, 0.29) is 16.9 Å². The van der Waals surface area contributed by atoms with Crippen molar-refractivity contribution < 1.29 is 4.79 Å². The SMILES string of the molecule is CC(=O)c1cc(-c2ccc3c(c2)CCCC3)nn(C)c1=O. The van der Waals surface area contributed by atoms with Gasteiger partial charge in [-0.3, -0.25) is 9.59 Å². The number of benzene rings is 1. The lowest BCUT2D eigenvalue weighted by Gasteiger charge is -2.16. The van der Waals surface area contributed by atoms with Crippen molar-refractivity contribution in [3.63, 3.8) is 0 Å². The van der Waals surface area contributed by atoms with Crippen LogP contribution in [0.2, 0.25) is 0 Å². The van der Waals surface area contributed by atoms with Gasteiger partial charge in [-0.2, -0.15) is 5.10 Å². The van der Waals surface area contributed by atoms with Gasteiger partial charge in [-0.1, -0.05) is 12.1 Å². The minimum absolute atomic E-state index is 0.195. The van der Waals surface area contributed by atoms with Gasteiger partial charge in [-0.05, 0) is 55.9 Å². The predicted octanol–water partition coefficient (Wildman–Crippen LogP) is 2.53. The Morgan fingerprint density at radius 2 is 1.86 bits per heavy atom. The van der Waals surface area contributed by atoms with Gasteiger partial charge in [0.05, 0.1) is 11.3 Å². The van der Waals surface area contributed by atoms with E-state index in [1.807, 2.05) is 6.07 Å². The summed E-state index contributed by atoms with van der Waals surface area (Å²) in [5.41, 5.74) is 4.26. The van der Waals surface area contributed by atoms with Crippen LogP contribution in [0.1, 0.15) is 41.3 Å². The summed E-state index contributed by atoms with van der Waals surface area (Å²) in [6, 6.07) is 7.92. The molecule has 1 aliphatic carbocycles. The van der Waals surface area contributed by atoms with Gasteiger partial charge < -0.3 is 0 Å². The molecule has 4 heteroatoms. The minimum atomic E-state index is -0.343. The number of Topliss-reactive ketones (excluding diaryl/α,β-unsaturated/α-hetero) is 1. The summed E-state index contributed by atoms with van der Waals surface area (Å²) in [6.07, 6.45) is 4.69. The molecule has 2 aromatic rings. The third-order valence-corrected chi connectivity index (χ3v) is 4.09. The number of hydrogen-bond donors (Lipinski definition) is 0. The summed E-state index contributed by atoms with van der Waals surface area (Å²) in [4.78, 5) is 23.5. The monoisotopic (exact) mass is 282 g/mol. The van der Waals surface area contributed by atoms with E-state index >= 15 is 0 Å². The van der Waals surface area contributed by atoms with Gasteiger partial charge in [0.25, 0.3) is 5.56 Å². The van der Waals surface area contributed by atoms with Crippen molar-refractivity contribution in [2.45, 2.75) is 32.6 Å². The van der Waals surface area contributed by atoms with Crippen LogP contribution in [0.4, 0.5) is 0 Å². The standard InChI is InChI=1S/C17H18N2O2/c1-11(20)15-10-16(18-19(2)17(15)21)14-8-7-12-5-3-4-6-13(12)9-14/h7-10H,3-6H2,1-2H3. The zero-order valence-corrected chi connectivity index (χ0v) is 12.3. The lowest BCUT2D eigenvalue weighted by atomic mass is 9.90. The Morgan fingerprint density at radius 1 is 1.14 bits per heavy atom. The second-order valence-corrected chi connectivity index (χ2v) is 5.62. The molecule has 0 saturated heterocycles. The molecule has 0 N–H and O–H groups in total. The smallest absolute Gasteiger partial charge is 0.277 e. The van der Waals surface area contributed by atoms with E-state index in [2.05, 4.69) is 17.2 Å². The summed E-state index contributed by atoms with van der Waals surface area (Å²) in [5, 5.41) is 4.29. The molecule has 1 aromatic carbocycles. The second-order valence-electron chi connectivity index (χ2n) is 5.62. The molecule has 1 aliphatic rings. The van der Waals surface area contributed by atoms with Gasteiger partial charge in [0, 0.05) is 12.6 Å². The van der Waals surface area contributed by atoms with Gasteiger partial charge in [-0.25, -0.2) is 4.68 Å². The zero-order chi connectivity index (χ0) is 15.0. The van der Waals surface area contributed by atoms with Crippen LogP contribution in [0.3, 0.4) is 0 Å². The summed E-state index contributed by atoms with van der Waals surface area (Å²) in [6.45, 7) is 1.41. The number of carbonyl (C=O) groups is 1. The highest BCUT2D eigenvalue weighted by molar-refractivity contribution is 5.94. The molecular formula is C17H18N2O2. The molecule has 0 spiro atoms. The molecule has 4 nitrogen and oxygen atoms in total. The highest BCUT2D eigenvalue weighted by atomic mass is 16.1. The van der Waals surface area contributed by atoms with Crippen molar-refractivity contribution >= 4 is 5.78 Å². The average Bonchev–Trinajstić information content (AvgIpc) is 2.49. The van der Waals surface area contributed by atoms with E-state index < -0.39 is 0 Å². The Balaban J connectivity index is 2.12. The number of aryl methyl sites for hydroxylation is 3. The van der Waals surface area contributed by atoms with Crippen molar-refractivity contribution in [1.82, 2.24) is 9.78 Å². The van der Waals surface area contributed by atoms with Gasteiger partial charge in [0.15, 0.2) is 5.78 Å². The van der Waals surface area contributed by atoms with Crippen molar-refractivity contribution in [2.24, 2.45) is 7.05 Å². The molecule has 0 unspecified atom stereocenters. The molecule has 1 heterocycles. The summed E-state index contributed by atoms with van der Waals surface area (Å²) < 4.78 is 1.24. The van der Waals surface area contributed by atoms with Crippen LogP contribution in [0.25, 0.3) is 11.3 Å². The number of fused-ring (bicyclic) bond motifs is 1. The fraction of sp³-hybridized carbons (Fsp3) is 0.353. The number of hydrogen-bond acceptors (Lipinski definition) is 3. The maximum absolute atomic E-state index is 11.9. The van der Waals surface area contributed by atoms with Crippen molar-refractivity contribution in [1.29, 1.82) is 0 Å². The lowest BCUT2D eigenvalue weighted by molar-refractivity contribution is 0.101. The Kier molecular flexibility index (Phi) is 3.45. The summed E-state index contributed by atoms with van der Waals surface area (Å²) in [7, 11) is 1.58. The van der Waals surface area contributed by atoms with Crippen LogP contribution < -0.4 is 5.56 Å². The van der Waals surface area contributed by atoms with Gasteiger partial charge >= 0.3 is 0 Å². The van der Waals surface area contributed by atoms with Crippen LogP contribution in [0, 0.1) is 0 Å². The van der Waals surface area contributed by atoms with Crippen LogP contribution in [0.15, 0.2) is 29.1 Å². The van der Waals surface area contributed by atoms with E-state index in [9.17, 15) is 9.59 Å². The quantitative estimate of drug-likeness (QED) is 0.795. The fourth-order valence-electron chi connectivity index (χ4n) is 2.89. The molecular weight excluding hydrogens is 264 g/mol. The number of aromatic nitrogens is 2. The molecule has 0 aliphatic heterocycles. The van der Waals surface area contributed by atoms with Crippen LogP contribution in [0.5, 0.6) is 0 Å². The first kappa shape index (κ1) is 13.7. The Labute approximate surface area is 123 Å². The van der Waals surface area contributed by atoms with Crippen LogP contribution in [-0.2, 0) is 19.9 Å². The Morgan fingerprint density at radius 3 is 2.57 bits per heavy atom. The van der Waals surface area contributed by atoms with E-state index in [0.29, 0.717) is 5.69 Å². The number of ketones is 1. The Hall–Kier alpha value is -2.23. The first-order valence-corrected chi connectivity index (χ1v) is 7.28. The van der Waals surface area contributed by atoms with Gasteiger partial charge in [0.1, 0.15) is 0 Å². The maximum Gasteiger partial charge on any atom is 0.277 e. The molecule has 108 valence electrons. The van der Waals surface area contributed by atoms with Crippen molar-refractivity contribution in [3.8, 4) is 11.3 Å². The average molecular weight is 282 g/mol. The topological polar surface area (TPSA) is 52.0 Å². The molecule has 0 fully saturated rings. The molecule has 21 heavy (non-hydrogen) atoms. The largest absolute Gasteiger partial charge is 0.294 e. The summed E-state index contributed by atoms with van der Waals surface area (Å²) in [5.74, 6) is -0.225. The number of nitrogens with zero attached hydrogens (tertiary/aromatic N) is 2. The first-order chi connectivity index (χ1) is 10.1.